The fourth-order valence-corrected chi connectivity index (χ4v) is 2.47. The molecule has 1 aromatic rings. The lowest BCUT2D eigenvalue weighted by atomic mass is 9.94. The van der Waals surface area contributed by atoms with Crippen molar-refractivity contribution in [1.82, 2.24) is 0 Å². The Morgan fingerprint density at radius 3 is 2.67 bits per heavy atom. The molecule has 0 saturated heterocycles. The third-order valence-electron chi connectivity index (χ3n) is 3.57. The van der Waals surface area contributed by atoms with Gasteiger partial charge in [0.2, 0.25) is 0 Å². The second-order valence-corrected chi connectivity index (χ2v) is 5.23. The Morgan fingerprint density at radius 2 is 2.00 bits per heavy atom. The first-order chi connectivity index (χ1) is 8.58. The van der Waals surface area contributed by atoms with Gasteiger partial charge in [0.05, 0.1) is 12.2 Å². The third kappa shape index (κ3) is 3.03. The van der Waals surface area contributed by atoms with Crippen molar-refractivity contribution in [3.05, 3.63) is 29.3 Å². The lowest BCUT2D eigenvalue weighted by Gasteiger charge is -2.29. The van der Waals surface area contributed by atoms with Crippen molar-refractivity contribution in [3.63, 3.8) is 0 Å². The zero-order valence-electron chi connectivity index (χ0n) is 11.1. The van der Waals surface area contributed by atoms with Crippen molar-refractivity contribution in [2.45, 2.75) is 57.8 Å². The molecule has 0 aliphatic heterocycles. The van der Waals surface area contributed by atoms with Crippen LogP contribution in [0.1, 0.15) is 49.8 Å². The molecule has 1 saturated carbocycles. The Labute approximate surface area is 108 Å². The van der Waals surface area contributed by atoms with Crippen LogP contribution in [-0.2, 0) is 0 Å². The number of rotatable bonds is 3. The summed E-state index contributed by atoms with van der Waals surface area (Å²) in [5.41, 5.74) is 1.89. The highest BCUT2D eigenvalue weighted by Gasteiger charge is 2.25. The Morgan fingerprint density at radius 1 is 1.28 bits per heavy atom. The van der Waals surface area contributed by atoms with E-state index in [1.54, 1.807) is 6.92 Å². The van der Waals surface area contributed by atoms with E-state index in [1.807, 2.05) is 25.1 Å². The minimum absolute atomic E-state index is 0.141. The second kappa shape index (κ2) is 5.72. The third-order valence-corrected chi connectivity index (χ3v) is 3.57. The van der Waals surface area contributed by atoms with E-state index in [4.69, 9.17) is 4.74 Å². The molecule has 3 atom stereocenters. The molecular weight excluding hydrogens is 228 g/mol. The maximum absolute atomic E-state index is 9.94. The highest BCUT2D eigenvalue weighted by atomic mass is 16.5. The number of aliphatic hydroxyl groups excluding tert-OH is 2. The van der Waals surface area contributed by atoms with E-state index in [2.05, 4.69) is 0 Å². The van der Waals surface area contributed by atoms with Crippen LogP contribution in [0.4, 0.5) is 0 Å². The topological polar surface area (TPSA) is 49.7 Å². The first kappa shape index (κ1) is 13.4. The van der Waals surface area contributed by atoms with Crippen molar-refractivity contribution >= 4 is 0 Å². The standard InChI is InChI=1S/C15H22O3/c1-10-7-8-12(11(2)16)15(9-10)18-14-6-4-3-5-13(14)17/h7-9,11,13-14,16-17H,3-6H2,1-2H3. The van der Waals surface area contributed by atoms with Crippen LogP contribution in [0.2, 0.25) is 0 Å². The molecule has 3 heteroatoms. The van der Waals surface area contributed by atoms with Crippen molar-refractivity contribution in [2.24, 2.45) is 0 Å². The van der Waals surface area contributed by atoms with Crippen molar-refractivity contribution in [3.8, 4) is 5.75 Å². The summed E-state index contributed by atoms with van der Waals surface area (Å²) in [4.78, 5) is 0. The van der Waals surface area contributed by atoms with Gasteiger partial charge in [-0.1, -0.05) is 18.6 Å². The normalized spacial score (nSPS) is 25.8. The van der Waals surface area contributed by atoms with Crippen LogP contribution in [0, 0.1) is 6.92 Å². The Bertz CT molecular complexity index is 401. The minimum atomic E-state index is -0.554. The molecule has 2 rings (SSSR count). The number of aliphatic hydroxyl groups is 2. The maximum atomic E-state index is 9.94. The summed E-state index contributed by atoms with van der Waals surface area (Å²) in [5.74, 6) is 0.705. The fraction of sp³-hybridized carbons (Fsp3) is 0.600. The van der Waals surface area contributed by atoms with Gasteiger partial charge in [-0.2, -0.15) is 0 Å². The van der Waals surface area contributed by atoms with Gasteiger partial charge in [-0.3, -0.25) is 0 Å². The molecule has 2 N–H and O–H groups in total. The summed E-state index contributed by atoms with van der Waals surface area (Å²) in [6, 6.07) is 5.79. The lowest BCUT2D eigenvalue weighted by Crippen LogP contribution is -2.34. The molecule has 0 radical (unpaired) electrons. The van der Waals surface area contributed by atoms with E-state index in [-0.39, 0.29) is 12.2 Å². The number of benzene rings is 1. The van der Waals surface area contributed by atoms with Crippen LogP contribution in [0.5, 0.6) is 5.75 Å². The summed E-state index contributed by atoms with van der Waals surface area (Å²) >= 11 is 0. The molecule has 0 spiro atoms. The zero-order chi connectivity index (χ0) is 13.1. The van der Waals surface area contributed by atoms with E-state index in [0.717, 1.165) is 36.8 Å². The molecule has 0 bridgehead atoms. The van der Waals surface area contributed by atoms with Gasteiger partial charge in [-0.05, 0) is 44.7 Å². The summed E-state index contributed by atoms with van der Waals surface area (Å²) in [6.07, 6.45) is 2.77. The molecule has 100 valence electrons. The summed E-state index contributed by atoms with van der Waals surface area (Å²) in [5, 5.41) is 19.7. The van der Waals surface area contributed by atoms with Gasteiger partial charge in [0.25, 0.3) is 0 Å². The van der Waals surface area contributed by atoms with Gasteiger partial charge in [0, 0.05) is 5.56 Å². The predicted octanol–water partition coefficient (Wildman–Crippen LogP) is 2.73. The first-order valence-corrected chi connectivity index (χ1v) is 6.71. The first-order valence-electron chi connectivity index (χ1n) is 6.71. The van der Waals surface area contributed by atoms with E-state index in [9.17, 15) is 10.2 Å². The van der Waals surface area contributed by atoms with Gasteiger partial charge in [0.1, 0.15) is 11.9 Å². The van der Waals surface area contributed by atoms with Crippen LogP contribution in [0.15, 0.2) is 18.2 Å². The summed E-state index contributed by atoms with van der Waals surface area (Å²) in [6.45, 7) is 3.73. The molecule has 0 heterocycles. The van der Waals surface area contributed by atoms with E-state index < -0.39 is 6.10 Å². The largest absolute Gasteiger partial charge is 0.487 e. The van der Waals surface area contributed by atoms with Crippen molar-refractivity contribution in [1.29, 1.82) is 0 Å². The Kier molecular flexibility index (Phi) is 4.25. The number of ether oxygens (including phenoxy) is 1. The van der Waals surface area contributed by atoms with E-state index >= 15 is 0 Å². The van der Waals surface area contributed by atoms with Crippen molar-refractivity contribution < 1.29 is 14.9 Å². The van der Waals surface area contributed by atoms with Gasteiger partial charge < -0.3 is 14.9 Å². The van der Waals surface area contributed by atoms with Gasteiger partial charge in [-0.15, -0.1) is 0 Å². The summed E-state index contributed by atoms with van der Waals surface area (Å²) in [7, 11) is 0. The molecule has 1 aromatic carbocycles. The quantitative estimate of drug-likeness (QED) is 0.867. The molecular formula is C15H22O3. The Hall–Kier alpha value is -1.06. The average Bonchev–Trinajstić information content (AvgIpc) is 2.32. The van der Waals surface area contributed by atoms with Gasteiger partial charge in [-0.25, -0.2) is 0 Å². The van der Waals surface area contributed by atoms with Crippen LogP contribution >= 0.6 is 0 Å². The van der Waals surface area contributed by atoms with Crippen LogP contribution in [-0.4, -0.2) is 22.4 Å². The highest BCUT2D eigenvalue weighted by molar-refractivity contribution is 5.38. The van der Waals surface area contributed by atoms with Crippen molar-refractivity contribution in [2.75, 3.05) is 0 Å². The monoisotopic (exact) mass is 250 g/mol. The number of hydrogen-bond acceptors (Lipinski definition) is 3. The van der Waals surface area contributed by atoms with E-state index in [0.29, 0.717) is 5.75 Å². The lowest BCUT2D eigenvalue weighted by molar-refractivity contribution is 0.00525. The molecule has 0 aromatic heterocycles. The van der Waals surface area contributed by atoms with Gasteiger partial charge >= 0.3 is 0 Å². The second-order valence-electron chi connectivity index (χ2n) is 5.23. The smallest absolute Gasteiger partial charge is 0.125 e. The van der Waals surface area contributed by atoms with Crippen LogP contribution in [0.25, 0.3) is 0 Å². The molecule has 1 aliphatic rings. The molecule has 3 unspecified atom stereocenters. The number of hydrogen-bond donors (Lipinski definition) is 2. The fourth-order valence-electron chi connectivity index (χ4n) is 2.47. The van der Waals surface area contributed by atoms with Crippen LogP contribution < -0.4 is 4.74 Å². The molecule has 3 nitrogen and oxygen atoms in total. The van der Waals surface area contributed by atoms with Gasteiger partial charge in [0.15, 0.2) is 0 Å². The molecule has 1 aliphatic carbocycles. The SMILES string of the molecule is Cc1ccc(C(C)O)c(OC2CCCCC2O)c1. The number of aryl methyl sites for hydroxylation is 1. The average molecular weight is 250 g/mol. The summed E-state index contributed by atoms with van der Waals surface area (Å²) < 4.78 is 5.93. The van der Waals surface area contributed by atoms with Crippen LogP contribution in [0.3, 0.4) is 0 Å². The van der Waals surface area contributed by atoms with E-state index in [1.165, 1.54) is 0 Å². The minimum Gasteiger partial charge on any atom is -0.487 e. The predicted molar refractivity (Wildman–Crippen MR) is 70.7 cm³/mol. The molecule has 0 amide bonds. The zero-order valence-corrected chi connectivity index (χ0v) is 11.1. The Balaban J connectivity index is 2.18. The maximum Gasteiger partial charge on any atom is 0.125 e. The molecule has 18 heavy (non-hydrogen) atoms. The highest BCUT2D eigenvalue weighted by Crippen LogP contribution is 2.30. The molecule has 1 fully saturated rings.